The maximum Gasteiger partial charge on any atom is 0.163 e. The van der Waals surface area contributed by atoms with Gasteiger partial charge in [-0.25, -0.2) is 18.7 Å². The number of fused-ring (bicyclic) bond motifs is 1. The average Bonchev–Trinajstić information content (AvgIpc) is 2.73. The quantitative estimate of drug-likeness (QED) is 0.558. The monoisotopic (exact) mass is 378 g/mol. The van der Waals surface area contributed by atoms with Crippen LogP contribution in [0.2, 0.25) is 0 Å². The van der Waals surface area contributed by atoms with E-state index < -0.39 is 11.6 Å². The lowest BCUT2D eigenvalue weighted by Gasteiger charge is -2.12. The Balaban J connectivity index is 1.97. The SMILES string of the molecule is CNc1nc(-c2cccnc2)nc2c(F)c(-c3cc(F)cc(OC)c3)ccc12. The van der Waals surface area contributed by atoms with E-state index >= 15 is 4.39 Å². The highest BCUT2D eigenvalue weighted by Crippen LogP contribution is 2.34. The van der Waals surface area contributed by atoms with Crippen LogP contribution in [0, 0.1) is 11.6 Å². The average molecular weight is 378 g/mol. The van der Waals surface area contributed by atoms with Gasteiger partial charge in [0.15, 0.2) is 11.6 Å². The standard InChI is InChI=1S/C21H16F2N4O/c1-24-21-17-6-5-16(13-8-14(22)10-15(9-13)28-2)18(23)19(17)26-20(27-21)12-4-3-7-25-11-12/h3-11H,1-2H3,(H,24,26,27). The first-order chi connectivity index (χ1) is 13.6. The van der Waals surface area contributed by atoms with E-state index in [-0.39, 0.29) is 11.1 Å². The lowest BCUT2D eigenvalue weighted by Crippen LogP contribution is -2.01. The number of anilines is 1. The molecule has 2 aromatic heterocycles. The minimum absolute atomic E-state index is 0.138. The van der Waals surface area contributed by atoms with Crippen LogP contribution in [-0.4, -0.2) is 29.1 Å². The fourth-order valence-electron chi connectivity index (χ4n) is 3.04. The molecule has 0 unspecified atom stereocenters. The van der Waals surface area contributed by atoms with Crippen molar-refractivity contribution in [2.45, 2.75) is 0 Å². The minimum Gasteiger partial charge on any atom is -0.497 e. The number of hydrogen-bond acceptors (Lipinski definition) is 5. The molecule has 0 aliphatic carbocycles. The van der Waals surface area contributed by atoms with Crippen LogP contribution in [0.1, 0.15) is 0 Å². The van der Waals surface area contributed by atoms with Crippen LogP contribution in [0.3, 0.4) is 0 Å². The second-order valence-electron chi connectivity index (χ2n) is 6.09. The van der Waals surface area contributed by atoms with Gasteiger partial charge in [-0.1, -0.05) is 6.07 Å². The first-order valence-corrected chi connectivity index (χ1v) is 8.54. The zero-order valence-corrected chi connectivity index (χ0v) is 15.2. The summed E-state index contributed by atoms with van der Waals surface area (Å²) in [5.41, 5.74) is 1.39. The number of benzene rings is 2. The first kappa shape index (κ1) is 17.8. The molecule has 2 aromatic carbocycles. The number of nitrogens with one attached hydrogen (secondary N) is 1. The molecule has 0 saturated heterocycles. The van der Waals surface area contributed by atoms with Crippen LogP contribution in [-0.2, 0) is 0 Å². The molecule has 7 heteroatoms. The number of ether oxygens (including phenoxy) is 1. The molecule has 5 nitrogen and oxygen atoms in total. The van der Waals surface area contributed by atoms with E-state index in [1.165, 1.54) is 19.2 Å². The molecule has 2 heterocycles. The minimum atomic E-state index is -0.561. The van der Waals surface area contributed by atoms with Gasteiger partial charge in [-0.2, -0.15) is 0 Å². The molecule has 4 rings (SSSR count). The number of nitrogens with zero attached hydrogens (tertiary/aromatic N) is 3. The number of rotatable bonds is 4. The number of hydrogen-bond donors (Lipinski definition) is 1. The van der Waals surface area contributed by atoms with E-state index in [1.807, 2.05) is 0 Å². The number of aromatic nitrogens is 3. The van der Waals surface area contributed by atoms with E-state index in [2.05, 4.69) is 20.3 Å². The number of methoxy groups -OCH3 is 1. The smallest absolute Gasteiger partial charge is 0.163 e. The third-order valence-electron chi connectivity index (χ3n) is 4.38. The molecule has 0 atom stereocenters. The zero-order chi connectivity index (χ0) is 19.7. The lowest BCUT2D eigenvalue weighted by atomic mass is 10.0. The van der Waals surface area contributed by atoms with Crippen LogP contribution in [0.15, 0.2) is 54.9 Å². The molecular weight excluding hydrogens is 362 g/mol. The summed E-state index contributed by atoms with van der Waals surface area (Å²) in [4.78, 5) is 12.9. The lowest BCUT2D eigenvalue weighted by molar-refractivity contribution is 0.411. The molecule has 4 aromatic rings. The van der Waals surface area contributed by atoms with Crippen molar-refractivity contribution in [1.82, 2.24) is 15.0 Å². The molecule has 0 spiro atoms. The van der Waals surface area contributed by atoms with Crippen molar-refractivity contribution < 1.29 is 13.5 Å². The predicted octanol–water partition coefficient (Wildman–Crippen LogP) is 4.69. The van der Waals surface area contributed by atoms with E-state index in [9.17, 15) is 4.39 Å². The fourth-order valence-corrected chi connectivity index (χ4v) is 3.04. The predicted molar refractivity (Wildman–Crippen MR) is 104 cm³/mol. The van der Waals surface area contributed by atoms with Crippen LogP contribution in [0.25, 0.3) is 33.4 Å². The van der Waals surface area contributed by atoms with Crippen LogP contribution >= 0.6 is 0 Å². The van der Waals surface area contributed by atoms with Gasteiger partial charge in [0.25, 0.3) is 0 Å². The topological polar surface area (TPSA) is 59.9 Å². The van der Waals surface area contributed by atoms with Crippen LogP contribution < -0.4 is 10.1 Å². The summed E-state index contributed by atoms with van der Waals surface area (Å²) in [6.45, 7) is 0. The summed E-state index contributed by atoms with van der Waals surface area (Å²) in [5.74, 6) is 0.0748. The van der Waals surface area contributed by atoms with Crippen molar-refractivity contribution in [3.8, 4) is 28.3 Å². The second-order valence-corrected chi connectivity index (χ2v) is 6.09. The summed E-state index contributed by atoms with van der Waals surface area (Å²) in [6.07, 6.45) is 3.25. The Morgan fingerprint density at radius 1 is 1.00 bits per heavy atom. The Morgan fingerprint density at radius 3 is 2.57 bits per heavy atom. The van der Waals surface area contributed by atoms with Gasteiger partial charge >= 0.3 is 0 Å². The van der Waals surface area contributed by atoms with Crippen molar-refractivity contribution in [2.75, 3.05) is 19.5 Å². The summed E-state index contributed by atoms with van der Waals surface area (Å²) in [5, 5.41) is 3.50. The highest BCUT2D eigenvalue weighted by molar-refractivity contribution is 5.94. The summed E-state index contributed by atoms with van der Waals surface area (Å²) < 4.78 is 34.4. The van der Waals surface area contributed by atoms with Crippen molar-refractivity contribution in [3.05, 3.63) is 66.5 Å². The van der Waals surface area contributed by atoms with Gasteiger partial charge in [-0.05, 0) is 35.9 Å². The van der Waals surface area contributed by atoms with Gasteiger partial charge in [0.05, 0.1) is 7.11 Å². The van der Waals surface area contributed by atoms with Crippen molar-refractivity contribution in [3.63, 3.8) is 0 Å². The first-order valence-electron chi connectivity index (χ1n) is 8.54. The summed E-state index contributed by atoms with van der Waals surface area (Å²) in [6, 6.07) is 10.9. The van der Waals surface area contributed by atoms with Crippen LogP contribution in [0.4, 0.5) is 14.6 Å². The summed E-state index contributed by atoms with van der Waals surface area (Å²) in [7, 11) is 3.14. The van der Waals surface area contributed by atoms with E-state index in [4.69, 9.17) is 4.74 Å². The molecule has 1 N–H and O–H groups in total. The van der Waals surface area contributed by atoms with E-state index in [0.29, 0.717) is 33.9 Å². The molecule has 0 fully saturated rings. The summed E-state index contributed by atoms with van der Waals surface area (Å²) >= 11 is 0. The van der Waals surface area contributed by atoms with Crippen molar-refractivity contribution in [2.24, 2.45) is 0 Å². The Labute approximate surface area is 160 Å². The molecular formula is C21H16F2N4O. The van der Waals surface area contributed by atoms with Gasteiger partial charge in [-0.15, -0.1) is 0 Å². The maximum atomic E-state index is 15.4. The second kappa shape index (κ2) is 7.19. The molecule has 0 aliphatic rings. The largest absolute Gasteiger partial charge is 0.497 e. The molecule has 0 saturated carbocycles. The highest BCUT2D eigenvalue weighted by Gasteiger charge is 2.17. The van der Waals surface area contributed by atoms with Gasteiger partial charge in [0.1, 0.15) is 22.9 Å². The Bertz CT molecular complexity index is 1170. The Kier molecular flexibility index (Phi) is 4.57. The molecule has 140 valence electrons. The number of halogens is 2. The molecule has 0 radical (unpaired) electrons. The van der Waals surface area contributed by atoms with Gasteiger partial charge in [0, 0.05) is 42.0 Å². The Hall–Kier alpha value is -3.61. The molecule has 0 bridgehead atoms. The molecule has 28 heavy (non-hydrogen) atoms. The zero-order valence-electron chi connectivity index (χ0n) is 15.2. The van der Waals surface area contributed by atoms with Crippen molar-refractivity contribution >= 4 is 16.7 Å². The Morgan fingerprint density at radius 2 is 1.86 bits per heavy atom. The van der Waals surface area contributed by atoms with Gasteiger partial charge in [0.2, 0.25) is 0 Å². The van der Waals surface area contributed by atoms with Crippen molar-refractivity contribution in [1.29, 1.82) is 0 Å². The maximum absolute atomic E-state index is 15.4. The third kappa shape index (κ3) is 3.11. The van der Waals surface area contributed by atoms with E-state index in [1.54, 1.807) is 49.8 Å². The number of pyridine rings is 1. The molecule has 0 aliphatic heterocycles. The van der Waals surface area contributed by atoms with Crippen LogP contribution in [0.5, 0.6) is 5.75 Å². The molecule has 0 amide bonds. The van der Waals surface area contributed by atoms with E-state index in [0.717, 1.165) is 0 Å². The normalized spacial score (nSPS) is 10.9. The third-order valence-corrected chi connectivity index (χ3v) is 4.38. The highest BCUT2D eigenvalue weighted by atomic mass is 19.1. The fraction of sp³-hybridized carbons (Fsp3) is 0.0952. The van der Waals surface area contributed by atoms with Gasteiger partial charge in [-0.3, -0.25) is 4.98 Å². The van der Waals surface area contributed by atoms with Gasteiger partial charge < -0.3 is 10.1 Å².